The van der Waals surface area contributed by atoms with Gasteiger partial charge in [0.2, 0.25) is 5.91 Å². The number of aromatic nitrogens is 1. The summed E-state index contributed by atoms with van der Waals surface area (Å²) in [5.74, 6) is -1.30. The first-order valence-electron chi connectivity index (χ1n) is 8.00. The summed E-state index contributed by atoms with van der Waals surface area (Å²) in [4.78, 5) is 16.9. The molecule has 2 aromatic rings. The topological polar surface area (TPSA) is 42.0 Å². The van der Waals surface area contributed by atoms with Crippen LogP contribution in [0, 0.1) is 11.6 Å². The average Bonchev–Trinajstić information content (AvgIpc) is 3.34. The van der Waals surface area contributed by atoms with Gasteiger partial charge in [-0.3, -0.25) is 9.78 Å². The van der Waals surface area contributed by atoms with Crippen molar-refractivity contribution in [3.8, 4) is 0 Å². The van der Waals surface area contributed by atoms with Crippen molar-refractivity contribution in [3.05, 3.63) is 65.5 Å². The van der Waals surface area contributed by atoms with E-state index in [1.165, 1.54) is 12.1 Å². The first kappa shape index (κ1) is 16.6. The zero-order chi connectivity index (χ0) is 17.4. The van der Waals surface area contributed by atoms with Crippen LogP contribution in [0.1, 0.15) is 37.9 Å². The van der Waals surface area contributed by atoms with Crippen LogP contribution in [0.25, 0.3) is 0 Å². The highest BCUT2D eigenvalue weighted by atomic mass is 19.1. The number of hydrogen-bond acceptors (Lipinski definition) is 2. The van der Waals surface area contributed by atoms with Gasteiger partial charge in [-0.05, 0) is 50.5 Å². The smallest absolute Gasteiger partial charge is 0.231 e. The second kappa shape index (κ2) is 5.96. The van der Waals surface area contributed by atoms with Gasteiger partial charge < -0.3 is 5.32 Å². The highest BCUT2D eigenvalue weighted by Crippen LogP contribution is 2.48. The standard InChI is InChI=1S/C19H20F2N2O/c1-18(2,16-5-3-4-10-22-16)17(24)23-12-19(8-9-19)14-7-6-13(20)11-15(14)21/h3-7,10-11H,8-9,12H2,1-2H3,(H,23,24). The molecule has 0 spiro atoms. The molecule has 5 heteroatoms. The van der Waals surface area contributed by atoms with E-state index in [9.17, 15) is 13.6 Å². The van der Waals surface area contributed by atoms with Crippen molar-refractivity contribution in [2.45, 2.75) is 37.5 Å². The van der Waals surface area contributed by atoms with Crippen molar-refractivity contribution in [2.75, 3.05) is 6.54 Å². The summed E-state index contributed by atoms with van der Waals surface area (Å²) in [6.45, 7) is 3.95. The Hall–Kier alpha value is -2.30. The number of nitrogens with one attached hydrogen (secondary N) is 1. The van der Waals surface area contributed by atoms with Crippen LogP contribution in [0.15, 0.2) is 42.6 Å². The molecule has 0 unspecified atom stereocenters. The molecule has 1 heterocycles. The lowest BCUT2D eigenvalue weighted by molar-refractivity contribution is -0.125. The average molecular weight is 330 g/mol. The van der Waals surface area contributed by atoms with E-state index in [0.717, 1.165) is 18.9 Å². The Morgan fingerprint density at radius 1 is 1.25 bits per heavy atom. The molecule has 3 rings (SSSR count). The van der Waals surface area contributed by atoms with Gasteiger partial charge >= 0.3 is 0 Å². The Balaban J connectivity index is 1.72. The zero-order valence-corrected chi connectivity index (χ0v) is 13.8. The summed E-state index contributed by atoms with van der Waals surface area (Å²) in [6.07, 6.45) is 3.21. The number of pyridine rings is 1. The number of halogens is 2. The third kappa shape index (κ3) is 3.03. The maximum atomic E-state index is 14.0. The summed E-state index contributed by atoms with van der Waals surface area (Å²) < 4.78 is 27.1. The van der Waals surface area contributed by atoms with Crippen molar-refractivity contribution in [1.29, 1.82) is 0 Å². The Morgan fingerprint density at radius 3 is 2.58 bits per heavy atom. The number of nitrogens with zero attached hydrogens (tertiary/aromatic N) is 1. The predicted molar refractivity (Wildman–Crippen MR) is 87.5 cm³/mol. The number of rotatable bonds is 5. The third-order valence-electron chi connectivity index (χ3n) is 4.82. The Kier molecular flexibility index (Phi) is 4.11. The molecule has 1 aromatic heterocycles. The van der Waals surface area contributed by atoms with Crippen LogP contribution >= 0.6 is 0 Å². The largest absolute Gasteiger partial charge is 0.354 e. The molecule has 24 heavy (non-hydrogen) atoms. The van der Waals surface area contributed by atoms with Gasteiger partial charge in [-0.1, -0.05) is 12.1 Å². The molecule has 0 saturated heterocycles. The van der Waals surface area contributed by atoms with Gasteiger partial charge in [0.05, 0.1) is 11.1 Å². The van der Waals surface area contributed by atoms with E-state index in [1.807, 2.05) is 26.0 Å². The molecule has 0 radical (unpaired) electrons. The SMILES string of the molecule is CC(C)(C(=O)NCC1(c2ccc(F)cc2F)CC1)c1ccccn1. The second-order valence-electron chi connectivity index (χ2n) is 6.93. The fraction of sp³-hybridized carbons (Fsp3) is 0.368. The van der Waals surface area contributed by atoms with Crippen LogP contribution in [-0.2, 0) is 15.6 Å². The maximum absolute atomic E-state index is 14.0. The molecule has 1 amide bonds. The molecule has 1 aromatic carbocycles. The van der Waals surface area contributed by atoms with Crippen molar-refractivity contribution in [3.63, 3.8) is 0 Å². The van der Waals surface area contributed by atoms with E-state index in [1.54, 1.807) is 12.3 Å². The normalized spacial score (nSPS) is 15.8. The lowest BCUT2D eigenvalue weighted by atomic mass is 9.87. The monoisotopic (exact) mass is 330 g/mol. The molecule has 0 atom stereocenters. The quantitative estimate of drug-likeness (QED) is 0.912. The lowest BCUT2D eigenvalue weighted by Crippen LogP contribution is -2.43. The Labute approximate surface area is 140 Å². The van der Waals surface area contributed by atoms with Crippen molar-refractivity contribution >= 4 is 5.91 Å². The minimum Gasteiger partial charge on any atom is -0.354 e. The molecule has 1 aliphatic carbocycles. The van der Waals surface area contributed by atoms with Gasteiger partial charge in [0.25, 0.3) is 0 Å². The van der Waals surface area contributed by atoms with Crippen LogP contribution < -0.4 is 5.32 Å². The Bertz CT molecular complexity index is 755. The molecule has 0 aliphatic heterocycles. The van der Waals surface area contributed by atoms with Gasteiger partial charge in [0.1, 0.15) is 11.6 Å². The van der Waals surface area contributed by atoms with Gasteiger partial charge in [0, 0.05) is 24.2 Å². The summed E-state index contributed by atoms with van der Waals surface area (Å²) >= 11 is 0. The minimum atomic E-state index is -0.779. The van der Waals surface area contributed by atoms with Crippen LogP contribution in [0.2, 0.25) is 0 Å². The highest BCUT2D eigenvalue weighted by Gasteiger charge is 2.47. The molecule has 126 valence electrons. The van der Waals surface area contributed by atoms with E-state index in [-0.39, 0.29) is 5.91 Å². The zero-order valence-electron chi connectivity index (χ0n) is 13.8. The van der Waals surface area contributed by atoms with E-state index in [2.05, 4.69) is 10.3 Å². The maximum Gasteiger partial charge on any atom is 0.231 e. The molecule has 3 nitrogen and oxygen atoms in total. The minimum absolute atomic E-state index is 0.157. The number of carbonyl (C=O) groups excluding carboxylic acids is 1. The van der Waals surface area contributed by atoms with Crippen molar-refractivity contribution in [1.82, 2.24) is 10.3 Å². The van der Waals surface area contributed by atoms with Crippen LogP contribution in [-0.4, -0.2) is 17.4 Å². The van der Waals surface area contributed by atoms with Gasteiger partial charge in [-0.25, -0.2) is 8.78 Å². The highest BCUT2D eigenvalue weighted by molar-refractivity contribution is 5.86. The Morgan fingerprint density at radius 2 is 2.00 bits per heavy atom. The van der Waals surface area contributed by atoms with E-state index < -0.39 is 22.5 Å². The molecule has 1 aliphatic rings. The van der Waals surface area contributed by atoms with E-state index >= 15 is 0 Å². The summed E-state index contributed by atoms with van der Waals surface area (Å²) in [7, 11) is 0. The van der Waals surface area contributed by atoms with Gasteiger partial charge in [-0.15, -0.1) is 0 Å². The molecule has 1 saturated carbocycles. The van der Waals surface area contributed by atoms with Gasteiger partial charge in [0.15, 0.2) is 0 Å². The fourth-order valence-corrected chi connectivity index (χ4v) is 2.93. The van der Waals surface area contributed by atoms with E-state index in [0.29, 0.717) is 17.8 Å². The van der Waals surface area contributed by atoms with Crippen LogP contribution in [0.5, 0.6) is 0 Å². The number of carbonyl (C=O) groups is 1. The summed E-state index contributed by atoms with van der Waals surface area (Å²) in [6, 6.07) is 9.09. The third-order valence-corrected chi connectivity index (χ3v) is 4.82. The number of hydrogen-bond donors (Lipinski definition) is 1. The summed E-state index contributed by atoms with van der Waals surface area (Å²) in [5, 5.41) is 2.93. The molecular weight excluding hydrogens is 310 g/mol. The van der Waals surface area contributed by atoms with E-state index in [4.69, 9.17) is 0 Å². The van der Waals surface area contributed by atoms with Crippen molar-refractivity contribution < 1.29 is 13.6 Å². The predicted octanol–water partition coefficient (Wildman–Crippen LogP) is 3.49. The molecule has 0 bridgehead atoms. The first-order chi connectivity index (χ1) is 11.3. The molecule has 1 N–H and O–H groups in total. The summed E-state index contributed by atoms with van der Waals surface area (Å²) in [5.41, 5.74) is -0.0491. The number of amides is 1. The molecule has 1 fully saturated rings. The van der Waals surface area contributed by atoms with Crippen molar-refractivity contribution in [2.24, 2.45) is 0 Å². The van der Waals surface area contributed by atoms with Crippen LogP contribution in [0.3, 0.4) is 0 Å². The first-order valence-corrected chi connectivity index (χ1v) is 8.00. The molecular formula is C19H20F2N2O. The number of benzene rings is 1. The fourth-order valence-electron chi connectivity index (χ4n) is 2.93. The van der Waals surface area contributed by atoms with Crippen LogP contribution in [0.4, 0.5) is 8.78 Å². The second-order valence-corrected chi connectivity index (χ2v) is 6.93. The lowest BCUT2D eigenvalue weighted by Gasteiger charge is -2.25. The van der Waals surface area contributed by atoms with Gasteiger partial charge in [-0.2, -0.15) is 0 Å².